The summed E-state index contributed by atoms with van der Waals surface area (Å²) in [6.07, 6.45) is 0. The van der Waals surface area contributed by atoms with E-state index in [0.717, 1.165) is 16.7 Å². The highest BCUT2D eigenvalue weighted by atomic mass is 16.4. The van der Waals surface area contributed by atoms with Crippen molar-refractivity contribution in [2.75, 3.05) is 5.32 Å². The third kappa shape index (κ3) is 3.25. The summed E-state index contributed by atoms with van der Waals surface area (Å²) in [5.41, 5.74) is 3.92. The summed E-state index contributed by atoms with van der Waals surface area (Å²) in [6.45, 7) is 7.27. The van der Waals surface area contributed by atoms with Gasteiger partial charge in [-0.15, -0.1) is 10.2 Å². The van der Waals surface area contributed by atoms with Crippen LogP contribution in [0.2, 0.25) is 0 Å². The van der Waals surface area contributed by atoms with Gasteiger partial charge in [-0.25, -0.2) is 0 Å². The summed E-state index contributed by atoms with van der Waals surface area (Å²) in [6, 6.07) is 15.1. The minimum Gasteiger partial charge on any atom is -0.416 e. The molecule has 0 bridgehead atoms. The van der Waals surface area contributed by atoms with Crippen molar-refractivity contribution in [2.45, 2.75) is 13.8 Å². The molecular formula is C19H17N3O2. The Hall–Kier alpha value is -3.21. The molecule has 5 heteroatoms. The van der Waals surface area contributed by atoms with Gasteiger partial charge >= 0.3 is 0 Å². The summed E-state index contributed by atoms with van der Waals surface area (Å²) in [5, 5.41) is 11.0. The number of carbonyl (C=O) groups is 1. The first kappa shape index (κ1) is 15.7. The molecule has 1 heterocycles. The van der Waals surface area contributed by atoms with E-state index in [2.05, 4.69) is 22.1 Å². The smallest absolute Gasteiger partial charge is 0.250 e. The largest absolute Gasteiger partial charge is 0.416 e. The first-order valence-electron chi connectivity index (χ1n) is 7.51. The maximum atomic E-state index is 11.6. The summed E-state index contributed by atoms with van der Waals surface area (Å²) in [7, 11) is 0. The number of nitrogens with zero attached hydrogens (tertiary/aromatic N) is 2. The average Bonchev–Trinajstić information content (AvgIpc) is 3.05. The molecule has 0 atom stereocenters. The number of amides is 1. The lowest BCUT2D eigenvalue weighted by atomic mass is 10.1. The van der Waals surface area contributed by atoms with Crippen molar-refractivity contribution < 1.29 is 9.21 Å². The number of carbonyl (C=O) groups excluding carboxylic acids is 1. The number of aryl methyl sites for hydroxylation is 1. The quantitative estimate of drug-likeness (QED) is 0.731. The maximum absolute atomic E-state index is 11.6. The number of benzene rings is 2. The van der Waals surface area contributed by atoms with Gasteiger partial charge in [0.2, 0.25) is 11.8 Å². The van der Waals surface area contributed by atoms with Crippen LogP contribution in [0.25, 0.3) is 22.9 Å². The van der Waals surface area contributed by atoms with E-state index >= 15 is 0 Å². The standard InChI is InChI=1S/C19H17N3O2/c1-12(2)17(23)20-15-10-8-14(9-11-15)18-21-22-19(24-18)16-7-5-4-6-13(16)3/h4-11H,1H2,2-3H3,(H,20,23). The van der Waals surface area contributed by atoms with E-state index in [-0.39, 0.29) is 5.91 Å². The molecule has 2 aromatic carbocycles. The molecule has 0 unspecified atom stereocenters. The zero-order valence-electron chi connectivity index (χ0n) is 13.5. The van der Waals surface area contributed by atoms with Crippen molar-refractivity contribution in [3.05, 3.63) is 66.2 Å². The molecule has 3 rings (SSSR count). The average molecular weight is 319 g/mol. The van der Waals surface area contributed by atoms with E-state index in [4.69, 9.17) is 4.42 Å². The fourth-order valence-electron chi connectivity index (χ4n) is 2.20. The monoisotopic (exact) mass is 319 g/mol. The third-order valence-electron chi connectivity index (χ3n) is 3.58. The van der Waals surface area contributed by atoms with E-state index < -0.39 is 0 Å². The predicted molar refractivity (Wildman–Crippen MR) is 93.4 cm³/mol. The van der Waals surface area contributed by atoms with Crippen LogP contribution in [0.1, 0.15) is 12.5 Å². The lowest BCUT2D eigenvalue weighted by Crippen LogP contribution is -2.11. The molecule has 5 nitrogen and oxygen atoms in total. The molecule has 0 aliphatic heterocycles. The number of rotatable bonds is 4. The Labute approximate surface area is 140 Å². The van der Waals surface area contributed by atoms with E-state index in [9.17, 15) is 4.79 Å². The SMILES string of the molecule is C=C(C)C(=O)Nc1ccc(-c2nnc(-c3ccccc3C)o2)cc1. The van der Waals surface area contributed by atoms with Crippen molar-refractivity contribution in [1.82, 2.24) is 10.2 Å². The van der Waals surface area contributed by atoms with Crippen LogP contribution >= 0.6 is 0 Å². The fraction of sp³-hybridized carbons (Fsp3) is 0.105. The molecule has 1 N–H and O–H groups in total. The zero-order valence-corrected chi connectivity index (χ0v) is 13.5. The van der Waals surface area contributed by atoms with Gasteiger partial charge in [0.15, 0.2) is 0 Å². The number of nitrogens with one attached hydrogen (secondary N) is 1. The lowest BCUT2D eigenvalue weighted by molar-refractivity contribution is -0.112. The topological polar surface area (TPSA) is 68.0 Å². The highest BCUT2D eigenvalue weighted by Gasteiger charge is 2.12. The van der Waals surface area contributed by atoms with E-state index in [0.29, 0.717) is 23.0 Å². The first-order chi connectivity index (χ1) is 11.5. The van der Waals surface area contributed by atoms with Crippen LogP contribution in [0.5, 0.6) is 0 Å². The summed E-state index contributed by atoms with van der Waals surface area (Å²) < 4.78 is 5.77. The van der Waals surface area contributed by atoms with Crippen molar-refractivity contribution in [2.24, 2.45) is 0 Å². The van der Waals surface area contributed by atoms with Crippen LogP contribution in [0.3, 0.4) is 0 Å². The molecule has 0 aliphatic rings. The Morgan fingerprint density at radius 2 is 1.71 bits per heavy atom. The van der Waals surface area contributed by atoms with Crippen LogP contribution in [0, 0.1) is 6.92 Å². The highest BCUT2D eigenvalue weighted by Crippen LogP contribution is 2.26. The molecule has 0 spiro atoms. The van der Waals surface area contributed by atoms with E-state index in [1.807, 2.05) is 43.3 Å². The molecule has 120 valence electrons. The van der Waals surface area contributed by atoms with Gasteiger partial charge in [-0.05, 0) is 49.7 Å². The molecular weight excluding hydrogens is 302 g/mol. The van der Waals surface area contributed by atoms with Crippen molar-refractivity contribution in [1.29, 1.82) is 0 Å². The molecule has 0 radical (unpaired) electrons. The highest BCUT2D eigenvalue weighted by molar-refractivity contribution is 6.02. The van der Waals surface area contributed by atoms with Crippen molar-refractivity contribution >= 4 is 11.6 Å². The van der Waals surface area contributed by atoms with Gasteiger partial charge in [0, 0.05) is 22.4 Å². The molecule has 0 saturated carbocycles. The van der Waals surface area contributed by atoms with Gasteiger partial charge < -0.3 is 9.73 Å². The summed E-state index contributed by atoms with van der Waals surface area (Å²) in [4.78, 5) is 11.6. The molecule has 0 fully saturated rings. The first-order valence-corrected chi connectivity index (χ1v) is 7.51. The van der Waals surface area contributed by atoms with E-state index in [1.54, 1.807) is 19.1 Å². The number of aromatic nitrogens is 2. The minimum atomic E-state index is -0.206. The van der Waals surface area contributed by atoms with Gasteiger partial charge in [0.25, 0.3) is 5.91 Å². The van der Waals surface area contributed by atoms with E-state index in [1.165, 1.54) is 0 Å². The van der Waals surface area contributed by atoms with Crippen molar-refractivity contribution in [3.63, 3.8) is 0 Å². The zero-order chi connectivity index (χ0) is 17.1. The van der Waals surface area contributed by atoms with Gasteiger partial charge in [-0.2, -0.15) is 0 Å². The molecule has 1 aromatic heterocycles. The third-order valence-corrected chi connectivity index (χ3v) is 3.58. The van der Waals surface area contributed by atoms with Crippen LogP contribution in [0.4, 0.5) is 5.69 Å². The van der Waals surface area contributed by atoms with Crippen molar-refractivity contribution in [3.8, 4) is 22.9 Å². The molecule has 3 aromatic rings. The minimum absolute atomic E-state index is 0.206. The van der Waals surface area contributed by atoms with Gasteiger partial charge in [-0.1, -0.05) is 24.8 Å². The Balaban J connectivity index is 1.82. The Morgan fingerprint density at radius 3 is 2.38 bits per heavy atom. The lowest BCUT2D eigenvalue weighted by Gasteiger charge is -2.04. The Bertz CT molecular complexity index is 895. The van der Waals surface area contributed by atoms with Crippen LogP contribution < -0.4 is 5.32 Å². The molecule has 1 amide bonds. The summed E-state index contributed by atoms with van der Waals surface area (Å²) in [5.74, 6) is 0.719. The fourth-order valence-corrected chi connectivity index (χ4v) is 2.20. The predicted octanol–water partition coefficient (Wildman–Crippen LogP) is 4.23. The number of hydrogen-bond donors (Lipinski definition) is 1. The van der Waals surface area contributed by atoms with Crippen LogP contribution in [-0.2, 0) is 4.79 Å². The maximum Gasteiger partial charge on any atom is 0.250 e. The molecule has 24 heavy (non-hydrogen) atoms. The number of hydrogen-bond acceptors (Lipinski definition) is 4. The Morgan fingerprint density at radius 1 is 1.04 bits per heavy atom. The second-order valence-corrected chi connectivity index (χ2v) is 5.54. The van der Waals surface area contributed by atoms with Gasteiger partial charge in [0.1, 0.15) is 0 Å². The van der Waals surface area contributed by atoms with Gasteiger partial charge in [0.05, 0.1) is 0 Å². The second-order valence-electron chi connectivity index (χ2n) is 5.54. The number of anilines is 1. The van der Waals surface area contributed by atoms with Gasteiger partial charge in [-0.3, -0.25) is 4.79 Å². The Kier molecular flexibility index (Phi) is 4.24. The summed E-state index contributed by atoms with van der Waals surface area (Å²) >= 11 is 0. The molecule has 0 aliphatic carbocycles. The van der Waals surface area contributed by atoms with Crippen LogP contribution in [0.15, 0.2) is 65.1 Å². The second kappa shape index (κ2) is 6.50. The van der Waals surface area contributed by atoms with Crippen LogP contribution in [-0.4, -0.2) is 16.1 Å². The molecule has 0 saturated heterocycles. The normalized spacial score (nSPS) is 10.4.